The lowest BCUT2D eigenvalue weighted by Gasteiger charge is -2.11. The van der Waals surface area contributed by atoms with Crippen molar-refractivity contribution in [3.63, 3.8) is 0 Å². The second-order valence-electron chi connectivity index (χ2n) is 3.25. The third kappa shape index (κ3) is 1.53. The van der Waals surface area contributed by atoms with E-state index in [4.69, 9.17) is 5.73 Å². The summed E-state index contributed by atoms with van der Waals surface area (Å²) in [6.07, 6.45) is 1.13. The first kappa shape index (κ1) is 9.56. The van der Waals surface area contributed by atoms with E-state index in [1.807, 2.05) is 11.8 Å². The number of fused-ring (bicyclic) bond motifs is 1. The van der Waals surface area contributed by atoms with Crippen molar-refractivity contribution in [3.05, 3.63) is 28.2 Å². The molecular formula is C10H12BrNS. The Hall–Kier alpha value is 0.01000. The smallest absolute Gasteiger partial charge is 0.0430 e. The lowest BCUT2D eigenvalue weighted by Crippen LogP contribution is -2.18. The van der Waals surface area contributed by atoms with Gasteiger partial charge in [-0.05, 0) is 34.0 Å². The molecule has 3 heteroatoms. The molecule has 0 radical (unpaired) electrons. The van der Waals surface area contributed by atoms with Crippen LogP contribution < -0.4 is 5.73 Å². The van der Waals surface area contributed by atoms with Crippen LogP contribution in [0.5, 0.6) is 0 Å². The van der Waals surface area contributed by atoms with Crippen molar-refractivity contribution in [2.75, 3.05) is 0 Å². The molecule has 0 amide bonds. The summed E-state index contributed by atoms with van der Waals surface area (Å²) in [6.45, 7) is 2.19. The maximum absolute atomic E-state index is 6.13. The van der Waals surface area contributed by atoms with Gasteiger partial charge in [-0.1, -0.05) is 19.1 Å². The van der Waals surface area contributed by atoms with Gasteiger partial charge in [0, 0.05) is 20.7 Å². The van der Waals surface area contributed by atoms with Crippen molar-refractivity contribution in [3.8, 4) is 0 Å². The highest BCUT2D eigenvalue weighted by Crippen LogP contribution is 2.47. The van der Waals surface area contributed by atoms with E-state index in [1.165, 1.54) is 14.9 Å². The van der Waals surface area contributed by atoms with Crippen LogP contribution in [0, 0.1) is 0 Å². The second-order valence-corrected chi connectivity index (χ2v) is 5.35. The second kappa shape index (κ2) is 3.64. The van der Waals surface area contributed by atoms with Crippen LogP contribution in [0.2, 0.25) is 0 Å². The van der Waals surface area contributed by atoms with Crippen LogP contribution in [-0.2, 0) is 0 Å². The van der Waals surface area contributed by atoms with Crippen molar-refractivity contribution in [2.45, 2.75) is 29.5 Å². The molecular weight excluding hydrogens is 246 g/mol. The van der Waals surface area contributed by atoms with Crippen LogP contribution in [0.15, 0.2) is 27.6 Å². The van der Waals surface area contributed by atoms with E-state index in [0.717, 1.165) is 6.42 Å². The van der Waals surface area contributed by atoms with Gasteiger partial charge in [0.2, 0.25) is 0 Å². The van der Waals surface area contributed by atoms with E-state index < -0.39 is 0 Å². The Bertz CT molecular complexity index is 327. The summed E-state index contributed by atoms with van der Waals surface area (Å²) < 4.78 is 1.18. The highest BCUT2D eigenvalue weighted by molar-refractivity contribution is 9.10. The summed E-state index contributed by atoms with van der Waals surface area (Å²) in [6, 6.07) is 6.48. The highest BCUT2D eigenvalue weighted by Gasteiger charge is 2.30. The van der Waals surface area contributed by atoms with Gasteiger partial charge in [0.15, 0.2) is 0 Å². The van der Waals surface area contributed by atoms with Crippen LogP contribution >= 0.6 is 27.7 Å². The monoisotopic (exact) mass is 257 g/mol. The minimum Gasteiger partial charge on any atom is -0.323 e. The lowest BCUT2D eigenvalue weighted by atomic mass is 10.0. The van der Waals surface area contributed by atoms with Gasteiger partial charge in [0.25, 0.3) is 0 Å². The van der Waals surface area contributed by atoms with Gasteiger partial charge in [-0.2, -0.15) is 0 Å². The van der Waals surface area contributed by atoms with E-state index in [9.17, 15) is 0 Å². The fraction of sp³-hybridized carbons (Fsp3) is 0.400. The predicted octanol–water partition coefficient (Wildman–Crippen LogP) is 3.33. The summed E-state index contributed by atoms with van der Waals surface area (Å²) >= 11 is 5.45. The fourth-order valence-electron chi connectivity index (χ4n) is 1.67. The topological polar surface area (TPSA) is 26.0 Å². The summed E-state index contributed by atoms with van der Waals surface area (Å²) in [5, 5.41) is 0.550. The molecule has 1 aliphatic heterocycles. The van der Waals surface area contributed by atoms with E-state index >= 15 is 0 Å². The van der Waals surface area contributed by atoms with Crippen LogP contribution in [0.25, 0.3) is 0 Å². The molecule has 2 atom stereocenters. The molecule has 2 N–H and O–H groups in total. The van der Waals surface area contributed by atoms with Crippen LogP contribution in [-0.4, -0.2) is 5.25 Å². The van der Waals surface area contributed by atoms with Crippen molar-refractivity contribution in [1.82, 2.24) is 0 Å². The molecule has 1 aromatic rings. The Morgan fingerprint density at radius 2 is 2.31 bits per heavy atom. The molecule has 2 unspecified atom stereocenters. The number of halogens is 1. The molecule has 0 bridgehead atoms. The summed E-state index contributed by atoms with van der Waals surface area (Å²) in [7, 11) is 0. The van der Waals surface area contributed by atoms with Crippen LogP contribution in [0.4, 0.5) is 0 Å². The first-order valence-electron chi connectivity index (χ1n) is 4.44. The molecule has 70 valence electrons. The van der Waals surface area contributed by atoms with Crippen molar-refractivity contribution < 1.29 is 0 Å². The predicted molar refractivity (Wildman–Crippen MR) is 61.0 cm³/mol. The molecule has 1 aliphatic rings. The van der Waals surface area contributed by atoms with Gasteiger partial charge in [-0.15, -0.1) is 11.8 Å². The third-order valence-corrected chi connectivity index (χ3v) is 4.97. The normalized spacial score (nSPS) is 26.1. The molecule has 2 rings (SSSR count). The Kier molecular flexibility index (Phi) is 2.67. The molecule has 1 heterocycles. The molecule has 1 nitrogen and oxygen atoms in total. The minimum atomic E-state index is 0.211. The largest absolute Gasteiger partial charge is 0.323 e. The maximum Gasteiger partial charge on any atom is 0.0430 e. The zero-order valence-electron chi connectivity index (χ0n) is 7.46. The number of benzene rings is 1. The van der Waals surface area contributed by atoms with E-state index in [0.29, 0.717) is 5.25 Å². The minimum absolute atomic E-state index is 0.211. The number of hydrogen-bond acceptors (Lipinski definition) is 2. The summed E-state index contributed by atoms with van der Waals surface area (Å²) in [5.41, 5.74) is 7.43. The SMILES string of the molecule is CCC1Sc2c(Br)cccc2C1N. The maximum atomic E-state index is 6.13. The van der Waals surface area contributed by atoms with Gasteiger partial charge in [-0.3, -0.25) is 0 Å². The van der Waals surface area contributed by atoms with E-state index in [-0.39, 0.29) is 6.04 Å². The average molecular weight is 258 g/mol. The molecule has 1 aromatic carbocycles. The molecule has 0 saturated carbocycles. The Balaban J connectivity index is 2.43. The van der Waals surface area contributed by atoms with Crippen LogP contribution in [0.1, 0.15) is 24.9 Å². The van der Waals surface area contributed by atoms with Gasteiger partial charge >= 0.3 is 0 Å². The van der Waals surface area contributed by atoms with Crippen molar-refractivity contribution in [1.29, 1.82) is 0 Å². The Morgan fingerprint density at radius 1 is 1.54 bits per heavy atom. The first-order valence-corrected chi connectivity index (χ1v) is 6.12. The fourth-order valence-corrected chi connectivity index (χ4v) is 3.62. The number of nitrogens with two attached hydrogens (primary N) is 1. The standard InChI is InChI=1S/C10H12BrNS/c1-2-8-9(12)6-4-3-5-7(11)10(6)13-8/h3-5,8-9H,2,12H2,1H3. The zero-order valence-corrected chi connectivity index (χ0v) is 9.86. The van der Waals surface area contributed by atoms with Gasteiger partial charge in [-0.25, -0.2) is 0 Å². The van der Waals surface area contributed by atoms with E-state index in [1.54, 1.807) is 0 Å². The Labute approximate surface area is 91.2 Å². The third-order valence-electron chi connectivity index (χ3n) is 2.43. The Morgan fingerprint density at radius 3 is 2.92 bits per heavy atom. The number of hydrogen-bond donors (Lipinski definition) is 1. The molecule has 0 aliphatic carbocycles. The lowest BCUT2D eigenvalue weighted by molar-refractivity contribution is 0.666. The summed E-state index contributed by atoms with van der Waals surface area (Å²) in [5.74, 6) is 0. The van der Waals surface area contributed by atoms with Gasteiger partial charge in [0.1, 0.15) is 0 Å². The molecule has 13 heavy (non-hydrogen) atoms. The summed E-state index contributed by atoms with van der Waals surface area (Å²) in [4.78, 5) is 1.34. The van der Waals surface area contributed by atoms with Gasteiger partial charge < -0.3 is 5.73 Å². The molecule has 0 saturated heterocycles. The zero-order chi connectivity index (χ0) is 9.42. The average Bonchev–Trinajstić information content (AvgIpc) is 2.45. The number of rotatable bonds is 1. The molecule has 0 fully saturated rings. The van der Waals surface area contributed by atoms with E-state index in [2.05, 4.69) is 41.1 Å². The van der Waals surface area contributed by atoms with Gasteiger partial charge in [0.05, 0.1) is 0 Å². The molecule has 0 aromatic heterocycles. The first-order chi connectivity index (χ1) is 6.24. The van der Waals surface area contributed by atoms with Crippen molar-refractivity contribution in [2.24, 2.45) is 5.73 Å². The number of thioether (sulfide) groups is 1. The van der Waals surface area contributed by atoms with Crippen molar-refractivity contribution >= 4 is 27.7 Å². The van der Waals surface area contributed by atoms with Crippen LogP contribution in [0.3, 0.4) is 0 Å². The highest BCUT2D eigenvalue weighted by atomic mass is 79.9. The quantitative estimate of drug-likeness (QED) is 0.836. The molecule has 0 spiro atoms.